The number of carbonyl (C=O) groups excluding carboxylic acids is 2. The molecule has 0 aromatic heterocycles. The quantitative estimate of drug-likeness (QED) is 0.625. The zero-order valence-corrected chi connectivity index (χ0v) is 8.62. The van der Waals surface area contributed by atoms with Gasteiger partial charge in [-0.2, -0.15) is 0 Å². The summed E-state index contributed by atoms with van der Waals surface area (Å²) in [7, 11) is 0. The molecule has 2 N–H and O–H groups in total. The molecule has 0 aliphatic heterocycles. The van der Waals surface area contributed by atoms with Gasteiger partial charge in [-0.1, -0.05) is 0 Å². The Bertz CT molecular complexity index is 193. The molecule has 0 amide bonds. The summed E-state index contributed by atoms with van der Waals surface area (Å²) in [6.07, 6.45) is 0.725. The van der Waals surface area contributed by atoms with Gasteiger partial charge in [-0.05, 0) is 13.3 Å². The maximum Gasteiger partial charge on any atom is 0.305 e. The number of rotatable bonds is 6. The lowest BCUT2D eigenvalue weighted by Crippen LogP contribution is -2.28. The highest BCUT2D eigenvalue weighted by Gasteiger charge is 2.08. The Morgan fingerprint density at radius 1 is 1.36 bits per heavy atom. The summed E-state index contributed by atoms with van der Waals surface area (Å²) < 4.78 is 9.40. The predicted octanol–water partition coefficient (Wildman–Crippen LogP) is 0.220. The molecule has 0 saturated carbocycles. The normalized spacial score (nSPS) is 11.9. The Labute approximate surface area is 83.5 Å². The van der Waals surface area contributed by atoms with Crippen LogP contribution in [0, 0.1) is 0 Å². The molecule has 0 spiro atoms. The van der Waals surface area contributed by atoms with Crippen molar-refractivity contribution in [2.45, 2.75) is 32.7 Å². The van der Waals surface area contributed by atoms with Gasteiger partial charge in [-0.15, -0.1) is 0 Å². The van der Waals surface area contributed by atoms with Gasteiger partial charge in [0.1, 0.15) is 6.61 Å². The Hall–Kier alpha value is -1.10. The first-order valence-electron chi connectivity index (χ1n) is 4.60. The largest absolute Gasteiger partial charge is 0.466 e. The average Bonchev–Trinajstić information content (AvgIpc) is 2.12. The first-order valence-corrected chi connectivity index (χ1v) is 4.60. The van der Waals surface area contributed by atoms with Gasteiger partial charge in [0, 0.05) is 19.4 Å². The van der Waals surface area contributed by atoms with Gasteiger partial charge in [-0.3, -0.25) is 9.59 Å². The summed E-state index contributed by atoms with van der Waals surface area (Å²) in [6.45, 7) is 3.58. The molecule has 0 fully saturated rings. The zero-order chi connectivity index (χ0) is 11.0. The fourth-order valence-electron chi connectivity index (χ4n) is 0.844. The van der Waals surface area contributed by atoms with Crippen LogP contribution in [0.1, 0.15) is 26.7 Å². The fourth-order valence-corrected chi connectivity index (χ4v) is 0.844. The molecule has 5 heteroatoms. The van der Waals surface area contributed by atoms with Crippen LogP contribution < -0.4 is 5.73 Å². The monoisotopic (exact) mass is 203 g/mol. The molecule has 1 atom stereocenters. The van der Waals surface area contributed by atoms with Crippen LogP contribution in [0.25, 0.3) is 0 Å². The molecule has 14 heavy (non-hydrogen) atoms. The molecule has 0 aliphatic carbocycles. The molecule has 0 bridgehead atoms. The van der Waals surface area contributed by atoms with E-state index in [0.717, 1.165) is 0 Å². The van der Waals surface area contributed by atoms with Crippen molar-refractivity contribution >= 4 is 11.9 Å². The Kier molecular flexibility index (Phi) is 6.74. The highest BCUT2D eigenvalue weighted by Crippen LogP contribution is 1.97. The highest BCUT2D eigenvalue weighted by atomic mass is 16.5. The van der Waals surface area contributed by atoms with E-state index in [2.05, 4.69) is 4.74 Å². The lowest BCUT2D eigenvalue weighted by atomic mass is 10.2. The van der Waals surface area contributed by atoms with E-state index < -0.39 is 0 Å². The van der Waals surface area contributed by atoms with Gasteiger partial charge >= 0.3 is 11.9 Å². The first-order chi connectivity index (χ1) is 6.56. The van der Waals surface area contributed by atoms with Crippen molar-refractivity contribution < 1.29 is 19.1 Å². The Morgan fingerprint density at radius 3 is 2.50 bits per heavy atom. The van der Waals surface area contributed by atoms with Crippen LogP contribution >= 0.6 is 0 Å². The van der Waals surface area contributed by atoms with Crippen molar-refractivity contribution in [1.82, 2.24) is 0 Å². The summed E-state index contributed by atoms with van der Waals surface area (Å²) in [6, 6.07) is -0.302. The van der Waals surface area contributed by atoms with E-state index in [4.69, 9.17) is 10.5 Å². The van der Waals surface area contributed by atoms with Crippen LogP contribution in [-0.2, 0) is 19.1 Å². The molecular formula is C9H17NO4. The smallest absolute Gasteiger partial charge is 0.305 e. The van der Waals surface area contributed by atoms with Gasteiger partial charge in [0.15, 0.2) is 0 Å². The minimum atomic E-state index is -0.364. The van der Waals surface area contributed by atoms with Crippen molar-refractivity contribution in [3.63, 3.8) is 0 Å². The topological polar surface area (TPSA) is 78.6 Å². The Morgan fingerprint density at radius 2 is 2.00 bits per heavy atom. The van der Waals surface area contributed by atoms with Crippen molar-refractivity contribution in [2.75, 3.05) is 13.2 Å². The van der Waals surface area contributed by atoms with E-state index in [9.17, 15) is 9.59 Å². The van der Waals surface area contributed by atoms with Crippen molar-refractivity contribution in [3.05, 3.63) is 0 Å². The van der Waals surface area contributed by atoms with Crippen LogP contribution in [0.2, 0.25) is 0 Å². The summed E-state index contributed by atoms with van der Waals surface area (Å²) in [5.74, 6) is -0.637. The third-order valence-electron chi connectivity index (χ3n) is 1.53. The van der Waals surface area contributed by atoms with Crippen LogP contribution in [0.4, 0.5) is 0 Å². The van der Waals surface area contributed by atoms with Crippen LogP contribution in [0.3, 0.4) is 0 Å². The van der Waals surface area contributed by atoms with E-state index in [1.54, 1.807) is 6.92 Å². The minimum Gasteiger partial charge on any atom is -0.466 e. The minimum absolute atomic E-state index is 0.148. The average molecular weight is 203 g/mol. The molecule has 5 nitrogen and oxygen atoms in total. The molecule has 1 unspecified atom stereocenters. The van der Waals surface area contributed by atoms with Crippen molar-refractivity contribution in [3.8, 4) is 0 Å². The summed E-state index contributed by atoms with van der Waals surface area (Å²) in [5, 5.41) is 0. The molecule has 0 aromatic rings. The van der Waals surface area contributed by atoms with E-state index in [0.29, 0.717) is 13.0 Å². The number of hydrogen-bond donors (Lipinski definition) is 1. The number of nitrogens with two attached hydrogens (primary N) is 1. The zero-order valence-electron chi connectivity index (χ0n) is 8.62. The molecule has 82 valence electrons. The van der Waals surface area contributed by atoms with Crippen molar-refractivity contribution in [2.24, 2.45) is 5.73 Å². The summed E-state index contributed by atoms with van der Waals surface area (Å²) in [5.41, 5.74) is 5.58. The van der Waals surface area contributed by atoms with Gasteiger partial charge < -0.3 is 15.2 Å². The van der Waals surface area contributed by atoms with Crippen LogP contribution in [0.5, 0.6) is 0 Å². The standard InChI is InChI=1S/C9H17NO4/c1-3-13-9(12)5-4-8(10)6-14-7(2)11/h8H,3-6,10H2,1-2H3. The second kappa shape index (κ2) is 7.32. The van der Waals surface area contributed by atoms with E-state index in [1.165, 1.54) is 6.92 Å². The summed E-state index contributed by atoms with van der Waals surface area (Å²) >= 11 is 0. The maximum atomic E-state index is 10.9. The summed E-state index contributed by atoms with van der Waals surface area (Å²) in [4.78, 5) is 21.3. The second-order valence-electron chi connectivity index (χ2n) is 2.91. The van der Waals surface area contributed by atoms with Gasteiger partial charge in [0.2, 0.25) is 0 Å². The molecule has 0 rings (SSSR count). The van der Waals surface area contributed by atoms with E-state index in [1.807, 2.05) is 0 Å². The van der Waals surface area contributed by atoms with E-state index in [-0.39, 0.29) is 31.0 Å². The molecule has 0 saturated heterocycles. The predicted molar refractivity (Wildman–Crippen MR) is 50.5 cm³/mol. The molecular weight excluding hydrogens is 186 g/mol. The van der Waals surface area contributed by atoms with Gasteiger partial charge in [0.05, 0.1) is 6.61 Å². The van der Waals surface area contributed by atoms with Crippen LogP contribution in [-0.4, -0.2) is 31.2 Å². The SMILES string of the molecule is CCOC(=O)CCC(N)COC(C)=O. The first kappa shape index (κ1) is 12.9. The number of hydrogen-bond acceptors (Lipinski definition) is 5. The van der Waals surface area contributed by atoms with Gasteiger partial charge in [0.25, 0.3) is 0 Å². The second-order valence-corrected chi connectivity index (χ2v) is 2.91. The number of ether oxygens (including phenoxy) is 2. The molecule has 0 heterocycles. The van der Waals surface area contributed by atoms with Crippen molar-refractivity contribution in [1.29, 1.82) is 0 Å². The lowest BCUT2D eigenvalue weighted by molar-refractivity contribution is -0.143. The van der Waals surface area contributed by atoms with E-state index >= 15 is 0 Å². The fraction of sp³-hybridized carbons (Fsp3) is 0.778. The number of carbonyl (C=O) groups is 2. The highest BCUT2D eigenvalue weighted by molar-refractivity contribution is 5.69. The van der Waals surface area contributed by atoms with Gasteiger partial charge in [-0.25, -0.2) is 0 Å². The third kappa shape index (κ3) is 7.54. The van der Waals surface area contributed by atoms with Crippen LogP contribution in [0.15, 0.2) is 0 Å². The molecule has 0 aliphatic rings. The Balaban J connectivity index is 3.48. The maximum absolute atomic E-state index is 10.9. The third-order valence-corrected chi connectivity index (χ3v) is 1.53. The number of esters is 2. The molecule has 0 aromatic carbocycles. The molecule has 0 radical (unpaired) electrons. The lowest BCUT2D eigenvalue weighted by Gasteiger charge is -2.10.